The molecule has 0 radical (unpaired) electrons. The lowest BCUT2D eigenvalue weighted by molar-refractivity contribution is 0.460. The van der Waals surface area contributed by atoms with Gasteiger partial charge in [0.1, 0.15) is 5.69 Å². The van der Waals surface area contributed by atoms with Crippen LogP contribution in [-0.2, 0) is 12.9 Å². The first kappa shape index (κ1) is 13.9. The van der Waals surface area contributed by atoms with Gasteiger partial charge in [0.05, 0.1) is 17.3 Å². The van der Waals surface area contributed by atoms with Gasteiger partial charge in [-0.2, -0.15) is 5.10 Å². The van der Waals surface area contributed by atoms with Crippen LogP contribution in [-0.4, -0.2) is 14.8 Å². The summed E-state index contributed by atoms with van der Waals surface area (Å²) in [6, 6.07) is 9.97. The van der Waals surface area contributed by atoms with E-state index in [0.717, 1.165) is 33.6 Å². The lowest BCUT2D eigenvalue weighted by Gasteiger charge is -2.10. The van der Waals surface area contributed by atoms with Gasteiger partial charge in [-0.1, -0.05) is 18.2 Å². The Morgan fingerprint density at radius 2 is 2.00 bits per heavy atom. The molecule has 108 valence electrons. The van der Waals surface area contributed by atoms with Crippen LogP contribution >= 0.6 is 11.6 Å². The quantitative estimate of drug-likeness (QED) is 0.683. The van der Waals surface area contributed by atoms with Crippen molar-refractivity contribution in [3.05, 3.63) is 47.4 Å². The van der Waals surface area contributed by atoms with Crippen LogP contribution in [0.3, 0.4) is 0 Å². The van der Waals surface area contributed by atoms with Crippen LogP contribution in [0.15, 0.2) is 30.3 Å². The van der Waals surface area contributed by atoms with Crippen LogP contribution in [0.4, 0.5) is 0 Å². The highest BCUT2D eigenvalue weighted by Gasteiger charge is 2.15. The summed E-state index contributed by atoms with van der Waals surface area (Å²) in [5, 5.41) is 6.40. The molecule has 0 aliphatic heterocycles. The van der Waals surface area contributed by atoms with E-state index in [1.54, 1.807) is 4.68 Å². The molecule has 2 heterocycles. The predicted octanol–water partition coefficient (Wildman–Crippen LogP) is 4.12. The highest BCUT2D eigenvalue weighted by atomic mass is 35.5. The van der Waals surface area contributed by atoms with Crippen molar-refractivity contribution in [2.45, 2.75) is 19.7 Å². The molecule has 2 aromatic heterocycles. The van der Waals surface area contributed by atoms with E-state index in [4.69, 9.17) is 16.3 Å². The van der Waals surface area contributed by atoms with E-state index in [1.165, 1.54) is 0 Å². The van der Waals surface area contributed by atoms with Gasteiger partial charge < -0.3 is 4.74 Å². The summed E-state index contributed by atoms with van der Waals surface area (Å²) >= 11 is 5.93. The number of pyridine rings is 1. The minimum atomic E-state index is 0.353. The molecular formula is C16H16ClN3O. The fourth-order valence-electron chi connectivity index (χ4n) is 2.36. The van der Waals surface area contributed by atoms with Gasteiger partial charge >= 0.3 is 0 Å². The number of hydrogen-bond acceptors (Lipinski definition) is 3. The lowest BCUT2D eigenvalue weighted by Crippen LogP contribution is -1.96. The molecule has 0 fully saturated rings. The number of hydrogen-bond donors (Lipinski definition) is 0. The molecule has 0 spiro atoms. The molecule has 1 aromatic carbocycles. The van der Waals surface area contributed by atoms with Crippen LogP contribution in [0.25, 0.3) is 10.8 Å². The number of nitrogens with zero attached hydrogens (tertiary/aromatic N) is 3. The Kier molecular flexibility index (Phi) is 3.55. The van der Waals surface area contributed by atoms with Gasteiger partial charge in [0.2, 0.25) is 5.88 Å². The van der Waals surface area contributed by atoms with Crippen molar-refractivity contribution in [1.82, 2.24) is 14.8 Å². The van der Waals surface area contributed by atoms with Crippen molar-refractivity contribution in [2.75, 3.05) is 0 Å². The molecule has 4 nitrogen and oxygen atoms in total. The Morgan fingerprint density at radius 3 is 2.67 bits per heavy atom. The molecule has 0 saturated carbocycles. The minimum Gasteiger partial charge on any atom is -0.434 e. The second-order valence-electron chi connectivity index (χ2n) is 5.00. The maximum Gasteiger partial charge on any atom is 0.227 e. The van der Waals surface area contributed by atoms with Crippen LogP contribution in [0.5, 0.6) is 11.6 Å². The smallest absolute Gasteiger partial charge is 0.227 e. The van der Waals surface area contributed by atoms with E-state index in [1.807, 2.05) is 51.2 Å². The summed E-state index contributed by atoms with van der Waals surface area (Å²) in [5.74, 6) is 1.68. The molecule has 0 N–H and O–H groups in total. The monoisotopic (exact) mass is 301 g/mol. The molecule has 0 aliphatic rings. The average Bonchev–Trinajstić information content (AvgIpc) is 2.73. The summed E-state index contributed by atoms with van der Waals surface area (Å²) in [7, 11) is 1.90. The zero-order valence-corrected chi connectivity index (χ0v) is 13.0. The topological polar surface area (TPSA) is 39.9 Å². The predicted molar refractivity (Wildman–Crippen MR) is 84.1 cm³/mol. The van der Waals surface area contributed by atoms with E-state index >= 15 is 0 Å². The Hall–Kier alpha value is -2.07. The first-order valence-electron chi connectivity index (χ1n) is 6.73. The van der Waals surface area contributed by atoms with Crippen molar-refractivity contribution >= 4 is 22.4 Å². The summed E-state index contributed by atoms with van der Waals surface area (Å²) in [6.07, 6.45) is 0. The van der Waals surface area contributed by atoms with Crippen molar-refractivity contribution in [1.29, 1.82) is 0 Å². The molecule has 3 rings (SSSR count). The van der Waals surface area contributed by atoms with Crippen molar-refractivity contribution in [3.63, 3.8) is 0 Å². The molecule has 0 amide bonds. The van der Waals surface area contributed by atoms with Gasteiger partial charge in [-0.05, 0) is 31.4 Å². The minimum absolute atomic E-state index is 0.353. The van der Waals surface area contributed by atoms with E-state index in [-0.39, 0.29) is 0 Å². The van der Waals surface area contributed by atoms with E-state index in [9.17, 15) is 0 Å². The molecule has 0 atom stereocenters. The van der Waals surface area contributed by atoms with Gasteiger partial charge in [0.15, 0.2) is 5.75 Å². The maximum absolute atomic E-state index is 6.06. The number of aryl methyl sites for hydroxylation is 2. The second kappa shape index (κ2) is 5.37. The number of ether oxygens (including phenoxy) is 1. The summed E-state index contributed by atoms with van der Waals surface area (Å²) in [4.78, 5) is 4.51. The van der Waals surface area contributed by atoms with Gasteiger partial charge in [-0.15, -0.1) is 11.6 Å². The molecule has 0 aliphatic carbocycles. The lowest BCUT2D eigenvalue weighted by atomic mass is 10.1. The SMILES string of the molecule is Cc1nn(C)c(C)c1Oc1nc(CCl)cc2ccccc12. The molecule has 5 heteroatoms. The van der Waals surface area contributed by atoms with E-state index < -0.39 is 0 Å². The Morgan fingerprint density at radius 1 is 1.24 bits per heavy atom. The highest BCUT2D eigenvalue weighted by Crippen LogP contribution is 2.32. The number of aromatic nitrogens is 3. The normalized spacial score (nSPS) is 11.0. The van der Waals surface area contributed by atoms with Crippen LogP contribution < -0.4 is 4.74 Å². The third-order valence-corrected chi connectivity index (χ3v) is 3.81. The summed E-state index contributed by atoms with van der Waals surface area (Å²) < 4.78 is 7.87. The number of benzene rings is 1. The molecule has 21 heavy (non-hydrogen) atoms. The molecule has 0 unspecified atom stereocenters. The highest BCUT2D eigenvalue weighted by molar-refractivity contribution is 6.17. The van der Waals surface area contributed by atoms with Crippen molar-refractivity contribution < 1.29 is 4.74 Å². The van der Waals surface area contributed by atoms with Gasteiger partial charge in [0, 0.05) is 12.4 Å². The number of fused-ring (bicyclic) bond motifs is 1. The average molecular weight is 302 g/mol. The first-order valence-corrected chi connectivity index (χ1v) is 7.26. The van der Waals surface area contributed by atoms with Gasteiger partial charge in [-0.25, -0.2) is 4.98 Å². The fourth-order valence-corrected chi connectivity index (χ4v) is 2.50. The first-order chi connectivity index (χ1) is 10.1. The van der Waals surface area contributed by atoms with Gasteiger partial charge in [0.25, 0.3) is 0 Å². The Bertz CT molecular complexity index is 811. The Balaban J connectivity index is 2.15. The number of halogens is 1. The number of rotatable bonds is 3. The van der Waals surface area contributed by atoms with Crippen LogP contribution in [0, 0.1) is 13.8 Å². The molecule has 0 saturated heterocycles. The zero-order valence-electron chi connectivity index (χ0n) is 12.2. The summed E-state index contributed by atoms with van der Waals surface area (Å²) in [5.41, 5.74) is 2.61. The third-order valence-electron chi connectivity index (χ3n) is 3.54. The molecular weight excluding hydrogens is 286 g/mol. The van der Waals surface area contributed by atoms with Crippen LogP contribution in [0.1, 0.15) is 17.1 Å². The second-order valence-corrected chi connectivity index (χ2v) is 5.27. The molecule has 3 aromatic rings. The summed E-state index contributed by atoms with van der Waals surface area (Å²) in [6.45, 7) is 3.90. The van der Waals surface area contributed by atoms with Crippen LogP contribution in [0.2, 0.25) is 0 Å². The van der Waals surface area contributed by atoms with E-state index in [2.05, 4.69) is 10.1 Å². The largest absolute Gasteiger partial charge is 0.434 e. The standard InChI is InChI=1S/C16H16ClN3O/c1-10-15(11(2)20(3)19-10)21-16-14-7-5-4-6-12(14)8-13(9-17)18-16/h4-8H,9H2,1-3H3. The molecule has 0 bridgehead atoms. The van der Waals surface area contributed by atoms with Crippen molar-refractivity contribution in [2.24, 2.45) is 7.05 Å². The van der Waals surface area contributed by atoms with E-state index in [0.29, 0.717) is 11.8 Å². The Labute approximate surface area is 128 Å². The fraction of sp³-hybridized carbons (Fsp3) is 0.250. The third kappa shape index (κ3) is 2.47. The number of alkyl halides is 1. The maximum atomic E-state index is 6.06. The zero-order chi connectivity index (χ0) is 15.0. The van der Waals surface area contributed by atoms with Gasteiger partial charge in [-0.3, -0.25) is 4.68 Å². The van der Waals surface area contributed by atoms with Crippen molar-refractivity contribution in [3.8, 4) is 11.6 Å².